The van der Waals surface area contributed by atoms with Crippen LogP contribution in [0.1, 0.15) is 5.69 Å². The minimum absolute atomic E-state index is 0.321. The SMILES string of the molecule is C1=CC2=C(c3nc4c(-c5c[nH]nn5)c(-c5ccnnn5)c(-c5cnc6ccccc6n5)nc4c(-c4ncc5[nH]cnc5n4)c3-c3ncc4ccccc4n3)C=CCN2C=C1. The van der Waals surface area contributed by atoms with Crippen LogP contribution in [0, 0.1) is 0 Å². The number of aromatic amines is 2. The summed E-state index contributed by atoms with van der Waals surface area (Å²) in [5, 5.41) is 25.0. The first-order valence-electron chi connectivity index (χ1n) is 18.8. The van der Waals surface area contributed by atoms with Gasteiger partial charge in [-0.05, 0) is 41.6 Å². The molecule has 17 heteroatoms. The van der Waals surface area contributed by atoms with Gasteiger partial charge in [-0.25, -0.2) is 39.9 Å². The van der Waals surface area contributed by atoms with Crippen LogP contribution in [0.4, 0.5) is 0 Å². The van der Waals surface area contributed by atoms with Crippen molar-refractivity contribution in [3.05, 3.63) is 140 Å². The van der Waals surface area contributed by atoms with Crippen LogP contribution in [-0.4, -0.2) is 92.1 Å². The molecule has 0 bridgehead atoms. The number of nitrogens with zero attached hydrogens (tertiary/aromatic N) is 15. The smallest absolute Gasteiger partial charge is 0.181 e. The van der Waals surface area contributed by atoms with E-state index in [9.17, 15) is 0 Å². The molecule has 0 aliphatic carbocycles. The molecule has 8 aromatic heterocycles. The minimum Gasteiger partial charge on any atom is -0.344 e. The van der Waals surface area contributed by atoms with E-state index in [1.165, 1.54) is 0 Å². The van der Waals surface area contributed by atoms with Crippen LogP contribution in [0.3, 0.4) is 0 Å². The second-order valence-electron chi connectivity index (χ2n) is 13.9. The Hall–Kier alpha value is -8.86. The molecule has 2 aliphatic heterocycles. The molecule has 0 fully saturated rings. The zero-order valence-electron chi connectivity index (χ0n) is 31.0. The van der Waals surface area contributed by atoms with Crippen molar-refractivity contribution in [1.29, 1.82) is 0 Å². The second-order valence-corrected chi connectivity index (χ2v) is 13.9. The summed E-state index contributed by atoms with van der Waals surface area (Å²) < 4.78 is 0. The van der Waals surface area contributed by atoms with Gasteiger partial charge >= 0.3 is 0 Å². The fraction of sp³-hybridized carbons (Fsp3) is 0.0233. The summed E-state index contributed by atoms with van der Waals surface area (Å²) in [5.41, 5.74) is 10.4. The maximum atomic E-state index is 5.62. The normalized spacial score (nSPS) is 13.6. The number of hydrogen-bond acceptors (Lipinski definition) is 15. The van der Waals surface area contributed by atoms with Gasteiger partial charge in [0.05, 0.1) is 75.9 Å². The van der Waals surface area contributed by atoms with Gasteiger partial charge in [0.25, 0.3) is 0 Å². The highest BCUT2D eigenvalue weighted by atomic mass is 15.3. The maximum Gasteiger partial charge on any atom is 0.181 e. The third-order valence-electron chi connectivity index (χ3n) is 10.4. The number of para-hydroxylation sites is 3. The Kier molecular flexibility index (Phi) is 7.42. The average molecular weight is 780 g/mol. The van der Waals surface area contributed by atoms with Gasteiger partial charge in [-0.3, -0.25) is 10.1 Å². The van der Waals surface area contributed by atoms with E-state index in [4.69, 9.17) is 39.9 Å². The molecule has 12 rings (SSSR count). The predicted octanol–water partition coefficient (Wildman–Crippen LogP) is 6.49. The monoisotopic (exact) mass is 779 g/mol. The van der Waals surface area contributed by atoms with Crippen LogP contribution in [0.15, 0.2) is 134 Å². The number of hydrogen-bond donors (Lipinski definition) is 2. The van der Waals surface area contributed by atoms with Crippen molar-refractivity contribution in [1.82, 2.24) is 85.6 Å². The molecule has 0 saturated carbocycles. The topological polar surface area (TPSA) is 215 Å². The Morgan fingerprint density at radius 2 is 1.47 bits per heavy atom. The van der Waals surface area contributed by atoms with E-state index in [0.717, 1.165) is 27.7 Å². The van der Waals surface area contributed by atoms with Gasteiger partial charge in [-0.2, -0.15) is 0 Å². The molecule has 60 heavy (non-hydrogen) atoms. The van der Waals surface area contributed by atoms with Crippen LogP contribution in [-0.2, 0) is 0 Å². The molecule has 0 radical (unpaired) electrons. The molecule has 0 amide bonds. The van der Waals surface area contributed by atoms with E-state index < -0.39 is 0 Å². The van der Waals surface area contributed by atoms with Crippen LogP contribution in [0.2, 0.25) is 0 Å². The zero-order valence-corrected chi connectivity index (χ0v) is 31.0. The van der Waals surface area contributed by atoms with Gasteiger partial charge in [0.1, 0.15) is 33.6 Å². The van der Waals surface area contributed by atoms with E-state index in [-0.39, 0.29) is 0 Å². The van der Waals surface area contributed by atoms with Crippen LogP contribution in [0.25, 0.3) is 106 Å². The first-order valence-corrected chi connectivity index (χ1v) is 18.8. The van der Waals surface area contributed by atoms with Crippen LogP contribution in [0.5, 0.6) is 0 Å². The van der Waals surface area contributed by atoms with E-state index >= 15 is 0 Å². The summed E-state index contributed by atoms with van der Waals surface area (Å²) in [6, 6.07) is 17.3. The molecule has 10 aromatic rings. The molecule has 0 atom stereocenters. The van der Waals surface area contributed by atoms with Gasteiger partial charge in [-0.15, -0.1) is 15.3 Å². The largest absolute Gasteiger partial charge is 0.344 e. The lowest BCUT2D eigenvalue weighted by Gasteiger charge is -2.29. The Bertz CT molecular complexity index is 3480. The maximum absolute atomic E-state index is 5.62. The van der Waals surface area contributed by atoms with Gasteiger partial charge in [0.15, 0.2) is 17.3 Å². The van der Waals surface area contributed by atoms with Crippen molar-refractivity contribution >= 4 is 49.7 Å². The van der Waals surface area contributed by atoms with E-state index in [2.05, 4.69) is 63.9 Å². The Balaban J connectivity index is 1.32. The Morgan fingerprint density at radius 3 is 2.37 bits per heavy atom. The summed E-state index contributed by atoms with van der Waals surface area (Å²) in [6.07, 6.45) is 22.4. The highest BCUT2D eigenvalue weighted by molar-refractivity contribution is 6.12. The number of H-pyrrole nitrogens is 2. The average Bonchev–Trinajstić information content (AvgIpc) is 4.03. The van der Waals surface area contributed by atoms with Crippen molar-refractivity contribution in [2.24, 2.45) is 0 Å². The molecule has 2 aliphatic rings. The minimum atomic E-state index is 0.321. The number of fused-ring (bicyclic) bond motifs is 5. The number of nitrogens with one attached hydrogen (secondary N) is 2. The number of imidazole rings is 1. The highest BCUT2D eigenvalue weighted by Crippen LogP contribution is 2.47. The van der Waals surface area contributed by atoms with Gasteiger partial charge in [-0.1, -0.05) is 53.8 Å². The highest BCUT2D eigenvalue weighted by Gasteiger charge is 2.32. The number of rotatable bonds is 6. The summed E-state index contributed by atoms with van der Waals surface area (Å²) in [6.45, 7) is 0.674. The molecule has 0 unspecified atom stereocenters. The van der Waals surface area contributed by atoms with Crippen molar-refractivity contribution in [3.63, 3.8) is 0 Å². The first kappa shape index (κ1) is 33.3. The number of pyridine rings is 2. The first-order chi connectivity index (χ1) is 29.7. The summed E-state index contributed by atoms with van der Waals surface area (Å²) >= 11 is 0. The number of allylic oxidation sites excluding steroid dienone is 5. The molecular formula is C43H25N17. The van der Waals surface area contributed by atoms with Crippen LogP contribution < -0.4 is 0 Å². The Morgan fingerprint density at radius 1 is 0.617 bits per heavy atom. The summed E-state index contributed by atoms with van der Waals surface area (Å²) in [7, 11) is 0. The van der Waals surface area contributed by atoms with Crippen molar-refractivity contribution in [2.75, 3.05) is 6.54 Å². The second kappa shape index (κ2) is 13.4. The molecule has 0 saturated heterocycles. The lowest BCUT2D eigenvalue weighted by Crippen LogP contribution is -2.21. The van der Waals surface area contributed by atoms with Crippen LogP contribution >= 0.6 is 0 Å². The van der Waals surface area contributed by atoms with E-state index in [1.54, 1.807) is 37.2 Å². The molecule has 2 N–H and O–H groups in total. The van der Waals surface area contributed by atoms with E-state index in [0.29, 0.717) is 96.6 Å². The third-order valence-corrected chi connectivity index (χ3v) is 10.4. The fourth-order valence-corrected chi connectivity index (χ4v) is 7.75. The zero-order chi connectivity index (χ0) is 39.6. The Labute approximate surface area is 337 Å². The molecular weight excluding hydrogens is 755 g/mol. The fourth-order valence-electron chi connectivity index (χ4n) is 7.75. The summed E-state index contributed by atoms with van der Waals surface area (Å²) in [5.74, 6) is 0.718. The third kappa shape index (κ3) is 5.33. The van der Waals surface area contributed by atoms with Crippen molar-refractivity contribution < 1.29 is 0 Å². The number of aromatic nitrogens is 16. The van der Waals surface area contributed by atoms with Crippen molar-refractivity contribution in [3.8, 4) is 56.7 Å². The van der Waals surface area contributed by atoms with Gasteiger partial charge < -0.3 is 9.88 Å². The lowest BCUT2D eigenvalue weighted by molar-refractivity contribution is 0.526. The van der Waals surface area contributed by atoms with Gasteiger partial charge in [0.2, 0.25) is 0 Å². The molecule has 2 aromatic carbocycles. The van der Waals surface area contributed by atoms with E-state index in [1.807, 2.05) is 73.1 Å². The van der Waals surface area contributed by atoms with Crippen molar-refractivity contribution in [2.45, 2.75) is 0 Å². The molecule has 282 valence electrons. The van der Waals surface area contributed by atoms with Gasteiger partial charge in [0, 0.05) is 41.0 Å². The molecule has 17 nitrogen and oxygen atoms in total. The molecule has 0 spiro atoms. The molecule has 10 heterocycles. The standard InChI is InChI=1S/C43H25N17/c1-2-10-25-23(8-1)18-45-42(52-25)35-36(43-46-20-31-41(55-43)48-22-47-31)40-39(53-37(35)24-9-7-17-60-16-6-5-13-32(24)60)34(29-21-50-59-57-29)33(28-14-15-49-58-56-28)38(54-40)30-19-44-26-11-3-4-12-27(26)51-30/h1-16,18-22H,17H2,(H,50,57,59)(H,46,47,48,55). The summed E-state index contributed by atoms with van der Waals surface area (Å²) in [4.78, 5) is 51.0. The number of benzene rings is 2. The lowest BCUT2D eigenvalue weighted by atomic mass is 9.90. The quantitative estimate of drug-likeness (QED) is 0.185. The predicted molar refractivity (Wildman–Crippen MR) is 223 cm³/mol.